The Morgan fingerprint density at radius 3 is 1.72 bits per heavy atom. The first kappa shape index (κ1) is 40.4. The third kappa shape index (κ3) is 10.1. The number of nitrogens with zero attached hydrogens (tertiary/aromatic N) is 4. The van der Waals surface area contributed by atoms with E-state index in [-0.39, 0.29) is 11.8 Å². The number of aromatic nitrogens is 2. The molecule has 4 aromatic rings. The summed E-state index contributed by atoms with van der Waals surface area (Å²) < 4.78 is 10.9. The second-order valence-electron chi connectivity index (χ2n) is 14.4. The van der Waals surface area contributed by atoms with Gasteiger partial charge in [0.05, 0.1) is 29.1 Å². The Bertz CT molecular complexity index is 1800. The number of thiophene rings is 2. The lowest BCUT2D eigenvalue weighted by Gasteiger charge is -2.44. The van der Waals surface area contributed by atoms with Crippen molar-refractivity contribution in [1.82, 2.24) is 19.8 Å². The van der Waals surface area contributed by atoms with E-state index in [1.54, 1.807) is 42.0 Å². The topological polar surface area (TPSA) is 125 Å². The van der Waals surface area contributed by atoms with E-state index in [9.17, 15) is 9.59 Å². The van der Waals surface area contributed by atoms with Crippen LogP contribution >= 0.6 is 38.6 Å². The van der Waals surface area contributed by atoms with E-state index in [0.717, 1.165) is 56.7 Å². The molecular weight excluding hydrogens is 787 g/mol. The van der Waals surface area contributed by atoms with Crippen LogP contribution in [0.15, 0.2) is 63.3 Å². The minimum absolute atomic E-state index is 0.209. The maximum absolute atomic E-state index is 13.1. The minimum atomic E-state index is -1.46. The van der Waals surface area contributed by atoms with Gasteiger partial charge in [-0.25, -0.2) is 9.97 Å². The van der Waals surface area contributed by atoms with E-state index < -0.39 is 7.12 Å². The number of carbonyl (C=O) groups is 2. The van der Waals surface area contributed by atoms with Crippen molar-refractivity contribution in [3.8, 4) is 22.2 Å². The molecule has 2 saturated carbocycles. The van der Waals surface area contributed by atoms with Crippen LogP contribution in [0.2, 0.25) is 0 Å². The Morgan fingerprint density at radius 1 is 0.722 bits per heavy atom. The zero-order chi connectivity index (χ0) is 38.0. The molecule has 2 aliphatic carbocycles. The van der Waals surface area contributed by atoms with Crippen molar-refractivity contribution in [3.63, 3.8) is 0 Å². The fourth-order valence-electron chi connectivity index (χ4n) is 8.42. The molecule has 288 valence electrons. The smallest absolute Gasteiger partial charge is 0.481 e. The van der Waals surface area contributed by atoms with Crippen LogP contribution in [0, 0.1) is 11.8 Å². The number of hydrogen-bond donors (Lipinski definition) is 2. The SMILES string of the molecule is COc1ccc(-c2cc(C(=O)N3CCCC4CCCCC43)cs2)cn1.COc1ccc(B(O)O)cn1.O=C(c1csc(Br)c1)N1CCCC2CCCCC21. The van der Waals surface area contributed by atoms with E-state index >= 15 is 0 Å². The summed E-state index contributed by atoms with van der Waals surface area (Å²) in [5.74, 6) is 2.99. The van der Waals surface area contributed by atoms with Crippen LogP contribution in [0.25, 0.3) is 10.4 Å². The molecule has 0 aromatic carbocycles. The Hall–Kier alpha value is -3.30. The number of hydrogen-bond acceptors (Lipinski definition) is 10. The van der Waals surface area contributed by atoms with Gasteiger partial charge in [-0.05, 0) is 103 Å². The van der Waals surface area contributed by atoms with Gasteiger partial charge in [-0.3, -0.25) is 9.59 Å². The lowest BCUT2D eigenvalue weighted by molar-refractivity contribution is 0.0386. The van der Waals surface area contributed by atoms with Gasteiger partial charge < -0.3 is 29.3 Å². The molecule has 54 heavy (non-hydrogen) atoms. The summed E-state index contributed by atoms with van der Waals surface area (Å²) in [5.41, 5.74) is 3.06. The first-order chi connectivity index (χ1) is 26.2. The highest BCUT2D eigenvalue weighted by molar-refractivity contribution is 9.11. The molecule has 2 amide bonds. The molecule has 2 aliphatic heterocycles. The summed E-state index contributed by atoms with van der Waals surface area (Å²) in [4.78, 5) is 39.1. The molecule has 0 radical (unpaired) electrons. The maximum Gasteiger partial charge on any atom is 0.490 e. The molecule has 6 heterocycles. The highest BCUT2D eigenvalue weighted by Crippen LogP contribution is 2.38. The highest BCUT2D eigenvalue weighted by Gasteiger charge is 2.37. The molecular formula is C40H50BBrN4O6S2. The van der Waals surface area contributed by atoms with E-state index in [4.69, 9.17) is 19.5 Å². The van der Waals surface area contributed by atoms with Gasteiger partial charge in [0.2, 0.25) is 11.8 Å². The molecule has 0 bridgehead atoms. The molecule has 10 nitrogen and oxygen atoms in total. The minimum Gasteiger partial charge on any atom is -0.481 e. The molecule has 14 heteroatoms. The van der Waals surface area contributed by atoms with Crippen LogP contribution < -0.4 is 14.9 Å². The first-order valence-electron chi connectivity index (χ1n) is 19.1. The monoisotopic (exact) mass is 836 g/mol. The van der Waals surface area contributed by atoms with Crippen molar-refractivity contribution in [1.29, 1.82) is 0 Å². The van der Waals surface area contributed by atoms with Crippen molar-refractivity contribution in [2.75, 3.05) is 27.3 Å². The number of pyridine rings is 2. The third-order valence-corrected chi connectivity index (χ3v) is 13.6. The average molecular weight is 838 g/mol. The normalized spacial score (nSPS) is 21.9. The second kappa shape index (κ2) is 19.5. The summed E-state index contributed by atoms with van der Waals surface area (Å²) in [5, 5.41) is 21.3. The van der Waals surface area contributed by atoms with Crippen LogP contribution in [-0.2, 0) is 0 Å². The zero-order valence-electron chi connectivity index (χ0n) is 31.1. The van der Waals surface area contributed by atoms with Crippen LogP contribution in [-0.4, -0.2) is 88.1 Å². The molecule has 0 spiro atoms. The largest absolute Gasteiger partial charge is 0.490 e. The van der Waals surface area contributed by atoms with Crippen molar-refractivity contribution in [2.45, 2.75) is 89.1 Å². The van der Waals surface area contributed by atoms with Crippen LogP contribution in [0.5, 0.6) is 11.8 Å². The fourth-order valence-corrected chi connectivity index (χ4v) is 10.4. The van der Waals surface area contributed by atoms with Gasteiger partial charge in [0, 0.05) is 70.3 Å². The summed E-state index contributed by atoms with van der Waals surface area (Å²) in [7, 11) is 1.65. The Balaban J connectivity index is 0.000000150. The maximum atomic E-state index is 13.1. The van der Waals surface area contributed by atoms with Gasteiger partial charge in [0.25, 0.3) is 11.8 Å². The van der Waals surface area contributed by atoms with Gasteiger partial charge in [-0.2, -0.15) is 0 Å². The highest BCUT2D eigenvalue weighted by atomic mass is 79.9. The molecule has 4 atom stereocenters. The predicted octanol–water partition coefficient (Wildman–Crippen LogP) is 7.69. The van der Waals surface area contributed by atoms with E-state index in [2.05, 4.69) is 35.7 Å². The number of rotatable bonds is 6. The number of ether oxygens (including phenoxy) is 2. The second-order valence-corrected chi connectivity index (χ2v) is 17.6. The van der Waals surface area contributed by atoms with E-state index in [1.807, 2.05) is 35.0 Å². The molecule has 8 rings (SSSR count). The Morgan fingerprint density at radius 2 is 1.24 bits per heavy atom. The molecule has 4 aliphatic rings. The fraction of sp³-hybridized carbons (Fsp3) is 0.500. The number of likely N-dealkylation sites (tertiary alicyclic amines) is 2. The van der Waals surface area contributed by atoms with Crippen molar-refractivity contribution >= 4 is 63.0 Å². The average Bonchev–Trinajstić information content (AvgIpc) is 3.90. The van der Waals surface area contributed by atoms with E-state index in [0.29, 0.717) is 29.3 Å². The Labute approximate surface area is 335 Å². The number of piperidine rings is 2. The summed E-state index contributed by atoms with van der Waals surface area (Å²) in [6.45, 7) is 1.86. The van der Waals surface area contributed by atoms with Crippen LogP contribution in [0.4, 0.5) is 0 Å². The molecule has 4 unspecified atom stereocenters. The van der Waals surface area contributed by atoms with Gasteiger partial charge in [-0.15, -0.1) is 22.7 Å². The zero-order valence-corrected chi connectivity index (χ0v) is 34.3. The van der Waals surface area contributed by atoms with Crippen molar-refractivity contribution < 1.29 is 29.1 Å². The molecule has 4 fully saturated rings. The molecule has 2 N–H and O–H groups in total. The number of fused-ring (bicyclic) bond motifs is 2. The first-order valence-corrected chi connectivity index (χ1v) is 21.6. The van der Waals surface area contributed by atoms with Gasteiger partial charge in [0.1, 0.15) is 0 Å². The van der Waals surface area contributed by atoms with Crippen molar-refractivity contribution in [3.05, 3.63) is 74.5 Å². The summed E-state index contributed by atoms with van der Waals surface area (Å²) >= 11 is 6.65. The van der Waals surface area contributed by atoms with Crippen LogP contribution in [0.3, 0.4) is 0 Å². The predicted molar refractivity (Wildman–Crippen MR) is 219 cm³/mol. The third-order valence-electron chi connectivity index (χ3n) is 11.2. The lowest BCUT2D eigenvalue weighted by Crippen LogP contribution is -2.49. The quantitative estimate of drug-likeness (QED) is 0.190. The van der Waals surface area contributed by atoms with Crippen molar-refractivity contribution in [2.24, 2.45) is 11.8 Å². The van der Waals surface area contributed by atoms with Gasteiger partial charge >= 0.3 is 7.12 Å². The molecule has 4 aromatic heterocycles. The number of methoxy groups -OCH3 is 2. The summed E-state index contributed by atoms with van der Waals surface area (Å²) in [6, 6.07) is 11.9. The van der Waals surface area contributed by atoms with Gasteiger partial charge in [0.15, 0.2) is 0 Å². The summed E-state index contributed by atoms with van der Waals surface area (Å²) in [6.07, 6.45) is 18.3. The van der Waals surface area contributed by atoms with Crippen LogP contribution in [0.1, 0.15) is 97.8 Å². The number of amides is 2. The number of carbonyl (C=O) groups excluding carboxylic acids is 2. The standard InChI is InChI=1S/C20H24N2O2S.C14H18BrNOS.C6H8BNO3/c1-24-19-9-8-15(12-21-19)18-11-16(13-25-18)20(23)22-10-4-6-14-5-2-3-7-17(14)22;15-13-8-11(9-18-13)14(17)16-7-3-5-10-4-1-2-6-12(10)16;1-11-6-3-2-5(4-8-6)7(9)10/h8-9,11-14,17H,2-7,10H2,1H3;8-10,12H,1-7H2;2-4,9-10H,1H3. The molecule has 2 saturated heterocycles. The Kier molecular flexibility index (Phi) is 14.6. The number of halogens is 1. The lowest BCUT2D eigenvalue weighted by atomic mass is 9.78. The van der Waals surface area contributed by atoms with E-state index in [1.165, 1.54) is 90.0 Å². The van der Waals surface area contributed by atoms with Gasteiger partial charge in [-0.1, -0.05) is 31.7 Å².